The van der Waals surface area contributed by atoms with E-state index in [0.29, 0.717) is 0 Å². The van der Waals surface area contributed by atoms with Gasteiger partial charge in [0, 0.05) is 26.2 Å². The molecule has 4 heteroatoms. The van der Waals surface area contributed by atoms with Crippen molar-refractivity contribution in [2.45, 2.75) is 58.3 Å². The number of allylic oxidation sites excluding steroid dienone is 10. The molecule has 29 heavy (non-hydrogen) atoms. The number of primary amides is 1. The number of urea groups is 1. The maximum Gasteiger partial charge on any atom is 0.314 e. The van der Waals surface area contributed by atoms with Crippen LogP contribution in [-0.2, 0) is 0 Å². The third-order valence-corrected chi connectivity index (χ3v) is 4.94. The lowest BCUT2D eigenvalue weighted by molar-refractivity contribution is 0.143. The van der Waals surface area contributed by atoms with E-state index in [4.69, 9.17) is 5.73 Å². The fourth-order valence-corrected chi connectivity index (χ4v) is 3.16. The third-order valence-electron chi connectivity index (χ3n) is 4.94. The minimum atomic E-state index is -0.289. The van der Waals surface area contributed by atoms with Crippen molar-refractivity contribution in [1.29, 1.82) is 0 Å². The minimum Gasteiger partial charge on any atom is -0.351 e. The number of nitrogens with two attached hydrogens (primary N) is 1. The summed E-state index contributed by atoms with van der Waals surface area (Å²) in [5.41, 5.74) is 5.31. The lowest BCUT2D eigenvalue weighted by atomic mass is 10.2. The fraction of sp³-hybridized carbons (Fsp3) is 0.560. The summed E-state index contributed by atoms with van der Waals surface area (Å²) in [6.45, 7) is 6.72. The van der Waals surface area contributed by atoms with E-state index in [-0.39, 0.29) is 6.03 Å². The Bertz CT molecular complexity index is 552. The van der Waals surface area contributed by atoms with Crippen LogP contribution in [0.2, 0.25) is 0 Å². The largest absolute Gasteiger partial charge is 0.351 e. The van der Waals surface area contributed by atoms with Crippen LogP contribution in [0.1, 0.15) is 58.3 Å². The summed E-state index contributed by atoms with van der Waals surface area (Å²) in [5.74, 6) is 0. The standard InChI is InChI=1S/C25H41N3O/c1-2-3-4-5-6-7-8-9-10-11-12-13-14-15-16-17-18-19-20-27-21-23-28(24-22-27)25(26)29/h3-4,6-7,9-10,12-13,15-16H,2,5,8,11,14,17-24H2,1H3,(H2,26,29)/b4-3-,7-6-,10-9-,13-12-,16-15-. The highest BCUT2D eigenvalue weighted by Gasteiger charge is 2.18. The average molecular weight is 400 g/mol. The Morgan fingerprint density at radius 1 is 0.724 bits per heavy atom. The van der Waals surface area contributed by atoms with Crippen molar-refractivity contribution >= 4 is 6.03 Å². The molecular weight excluding hydrogens is 358 g/mol. The van der Waals surface area contributed by atoms with Crippen molar-refractivity contribution in [1.82, 2.24) is 9.80 Å². The molecule has 0 aliphatic carbocycles. The molecule has 4 nitrogen and oxygen atoms in total. The molecule has 0 atom stereocenters. The number of hydrogen-bond donors (Lipinski definition) is 1. The highest BCUT2D eigenvalue weighted by atomic mass is 16.2. The molecule has 0 aromatic carbocycles. The SMILES string of the molecule is CC/C=C\C/C=C\C/C=C\C/C=C\C/C=C\CCCCN1CCN(C(N)=O)CC1. The molecule has 1 heterocycles. The summed E-state index contributed by atoms with van der Waals surface area (Å²) in [6.07, 6.45) is 31.2. The highest BCUT2D eigenvalue weighted by molar-refractivity contribution is 5.72. The van der Waals surface area contributed by atoms with Crippen molar-refractivity contribution in [3.63, 3.8) is 0 Å². The summed E-state index contributed by atoms with van der Waals surface area (Å²) in [6, 6.07) is -0.289. The molecular formula is C25H41N3O. The van der Waals surface area contributed by atoms with Crippen LogP contribution in [0.4, 0.5) is 4.79 Å². The average Bonchev–Trinajstić information content (AvgIpc) is 2.73. The van der Waals surface area contributed by atoms with Gasteiger partial charge in [-0.2, -0.15) is 0 Å². The highest BCUT2D eigenvalue weighted by Crippen LogP contribution is 2.05. The topological polar surface area (TPSA) is 49.6 Å². The number of amides is 2. The number of rotatable bonds is 14. The fourth-order valence-electron chi connectivity index (χ4n) is 3.16. The van der Waals surface area contributed by atoms with E-state index in [1.54, 1.807) is 4.90 Å². The Morgan fingerprint density at radius 3 is 1.69 bits per heavy atom. The first-order chi connectivity index (χ1) is 14.2. The van der Waals surface area contributed by atoms with E-state index in [9.17, 15) is 4.79 Å². The van der Waals surface area contributed by atoms with Gasteiger partial charge in [0.05, 0.1) is 0 Å². The van der Waals surface area contributed by atoms with Gasteiger partial charge in [-0.05, 0) is 57.9 Å². The molecule has 1 rings (SSSR count). The summed E-state index contributed by atoms with van der Waals surface area (Å²) < 4.78 is 0. The normalized spacial score (nSPS) is 16.5. The van der Waals surface area contributed by atoms with Crippen LogP contribution in [0.5, 0.6) is 0 Å². The number of hydrogen-bond acceptors (Lipinski definition) is 2. The van der Waals surface area contributed by atoms with Crippen LogP contribution in [0.25, 0.3) is 0 Å². The summed E-state index contributed by atoms with van der Waals surface area (Å²) in [4.78, 5) is 15.3. The van der Waals surface area contributed by atoms with E-state index < -0.39 is 0 Å². The second-order valence-electron chi connectivity index (χ2n) is 7.37. The Hall–Kier alpha value is -2.07. The number of carbonyl (C=O) groups excluding carboxylic acids is 1. The predicted octanol–water partition coefficient (Wildman–Crippen LogP) is 5.60. The van der Waals surface area contributed by atoms with Gasteiger partial charge in [-0.25, -0.2) is 4.79 Å². The minimum absolute atomic E-state index is 0.289. The number of carbonyl (C=O) groups is 1. The van der Waals surface area contributed by atoms with Gasteiger partial charge in [-0.1, -0.05) is 67.7 Å². The molecule has 0 bridgehead atoms. The Kier molecular flexibility index (Phi) is 15.5. The molecule has 0 radical (unpaired) electrons. The first-order valence-corrected chi connectivity index (χ1v) is 11.3. The molecule has 1 aliphatic rings. The smallest absolute Gasteiger partial charge is 0.314 e. The molecule has 0 aromatic heterocycles. The number of unbranched alkanes of at least 4 members (excludes halogenated alkanes) is 2. The first kappa shape index (κ1) is 25.0. The molecule has 0 saturated carbocycles. The third kappa shape index (κ3) is 14.6. The van der Waals surface area contributed by atoms with Gasteiger partial charge in [0.15, 0.2) is 0 Å². The summed E-state index contributed by atoms with van der Waals surface area (Å²) in [7, 11) is 0. The maximum absolute atomic E-state index is 11.1. The van der Waals surface area contributed by atoms with Gasteiger partial charge in [-0.15, -0.1) is 0 Å². The second-order valence-corrected chi connectivity index (χ2v) is 7.37. The van der Waals surface area contributed by atoms with E-state index in [0.717, 1.165) is 71.2 Å². The zero-order valence-corrected chi connectivity index (χ0v) is 18.3. The van der Waals surface area contributed by atoms with Crippen molar-refractivity contribution in [3.8, 4) is 0 Å². The maximum atomic E-state index is 11.1. The monoisotopic (exact) mass is 399 g/mol. The summed E-state index contributed by atoms with van der Waals surface area (Å²) in [5, 5.41) is 0. The van der Waals surface area contributed by atoms with Crippen LogP contribution < -0.4 is 5.73 Å². The number of piperazine rings is 1. The van der Waals surface area contributed by atoms with Crippen molar-refractivity contribution in [3.05, 3.63) is 60.8 Å². The van der Waals surface area contributed by atoms with Gasteiger partial charge in [0.1, 0.15) is 0 Å². The molecule has 0 aromatic rings. The Labute approximate surface area is 178 Å². The van der Waals surface area contributed by atoms with Crippen molar-refractivity contribution < 1.29 is 4.79 Å². The van der Waals surface area contributed by atoms with Crippen molar-refractivity contribution in [2.24, 2.45) is 5.73 Å². The van der Waals surface area contributed by atoms with Gasteiger partial charge < -0.3 is 10.6 Å². The van der Waals surface area contributed by atoms with E-state index in [2.05, 4.69) is 72.6 Å². The molecule has 0 spiro atoms. The van der Waals surface area contributed by atoms with E-state index >= 15 is 0 Å². The quantitative estimate of drug-likeness (QED) is 0.305. The Morgan fingerprint density at radius 2 is 1.21 bits per heavy atom. The second kappa shape index (κ2) is 18.0. The summed E-state index contributed by atoms with van der Waals surface area (Å²) >= 11 is 0. The zero-order valence-electron chi connectivity index (χ0n) is 18.3. The zero-order chi connectivity index (χ0) is 21.0. The van der Waals surface area contributed by atoms with Gasteiger partial charge >= 0.3 is 6.03 Å². The molecule has 1 saturated heterocycles. The lowest BCUT2D eigenvalue weighted by Gasteiger charge is -2.33. The predicted molar refractivity (Wildman–Crippen MR) is 126 cm³/mol. The molecule has 1 fully saturated rings. The first-order valence-electron chi connectivity index (χ1n) is 11.3. The van der Waals surface area contributed by atoms with Crippen LogP contribution in [-0.4, -0.2) is 48.6 Å². The molecule has 2 N–H and O–H groups in total. The van der Waals surface area contributed by atoms with E-state index in [1.165, 1.54) is 12.8 Å². The molecule has 162 valence electrons. The van der Waals surface area contributed by atoms with Crippen LogP contribution in [0.3, 0.4) is 0 Å². The molecule has 2 amide bonds. The van der Waals surface area contributed by atoms with Gasteiger partial charge in [0.25, 0.3) is 0 Å². The van der Waals surface area contributed by atoms with Crippen LogP contribution in [0, 0.1) is 0 Å². The van der Waals surface area contributed by atoms with Crippen LogP contribution >= 0.6 is 0 Å². The number of nitrogens with zero attached hydrogens (tertiary/aromatic N) is 2. The lowest BCUT2D eigenvalue weighted by Crippen LogP contribution is -2.50. The van der Waals surface area contributed by atoms with Gasteiger partial charge in [-0.3, -0.25) is 4.90 Å². The molecule has 1 aliphatic heterocycles. The van der Waals surface area contributed by atoms with Gasteiger partial charge in [0.2, 0.25) is 0 Å². The van der Waals surface area contributed by atoms with Crippen molar-refractivity contribution in [2.75, 3.05) is 32.7 Å². The van der Waals surface area contributed by atoms with Crippen LogP contribution in [0.15, 0.2) is 60.8 Å². The van der Waals surface area contributed by atoms with E-state index in [1.807, 2.05) is 0 Å². The molecule has 0 unspecified atom stereocenters. The Balaban J connectivity index is 1.92.